The van der Waals surface area contributed by atoms with Gasteiger partial charge < -0.3 is 5.32 Å². The van der Waals surface area contributed by atoms with E-state index < -0.39 is 0 Å². The summed E-state index contributed by atoms with van der Waals surface area (Å²) in [5, 5.41) is 3.10. The first-order valence-electron chi connectivity index (χ1n) is 6.90. The van der Waals surface area contributed by atoms with Crippen molar-refractivity contribution in [1.82, 2.24) is 5.32 Å². The average Bonchev–Trinajstić information content (AvgIpc) is 3.23. The Morgan fingerprint density at radius 1 is 1.14 bits per heavy atom. The van der Waals surface area contributed by atoms with Crippen molar-refractivity contribution < 1.29 is 9.18 Å². The summed E-state index contributed by atoms with van der Waals surface area (Å²) in [6.07, 6.45) is 2.14. The molecule has 1 saturated carbocycles. The second kappa shape index (κ2) is 5.60. The van der Waals surface area contributed by atoms with Crippen LogP contribution in [0.1, 0.15) is 24.0 Å². The van der Waals surface area contributed by atoms with Gasteiger partial charge in [0.2, 0.25) is 5.91 Å². The van der Waals surface area contributed by atoms with E-state index >= 15 is 0 Å². The first-order chi connectivity index (χ1) is 10.1. The van der Waals surface area contributed by atoms with Crippen LogP contribution in [0, 0.1) is 5.82 Å². The molecule has 4 heteroatoms. The van der Waals surface area contributed by atoms with Crippen molar-refractivity contribution in [2.75, 3.05) is 0 Å². The Hall–Kier alpha value is -1.68. The highest BCUT2D eigenvalue weighted by Gasteiger charge is 2.45. The number of amides is 1. The van der Waals surface area contributed by atoms with Gasteiger partial charge in [-0.3, -0.25) is 4.79 Å². The van der Waals surface area contributed by atoms with Gasteiger partial charge in [-0.2, -0.15) is 0 Å². The minimum absolute atomic E-state index is 0.0104. The van der Waals surface area contributed by atoms with E-state index in [9.17, 15) is 9.18 Å². The number of halogens is 2. The van der Waals surface area contributed by atoms with E-state index in [1.165, 1.54) is 12.1 Å². The lowest BCUT2D eigenvalue weighted by atomic mass is 10.0. The monoisotopic (exact) mass is 347 g/mol. The van der Waals surface area contributed by atoms with Crippen LogP contribution in [0.2, 0.25) is 0 Å². The molecule has 0 bridgehead atoms. The van der Waals surface area contributed by atoms with Crippen LogP contribution < -0.4 is 5.32 Å². The summed E-state index contributed by atoms with van der Waals surface area (Å²) < 4.78 is 13.9. The van der Waals surface area contributed by atoms with Crippen LogP contribution in [0.3, 0.4) is 0 Å². The lowest BCUT2D eigenvalue weighted by Gasteiger charge is -2.18. The molecule has 108 valence electrons. The number of hydrogen-bond donors (Lipinski definition) is 1. The molecule has 0 heterocycles. The molecule has 0 atom stereocenters. The van der Waals surface area contributed by atoms with Crippen molar-refractivity contribution in [3.8, 4) is 0 Å². The van der Waals surface area contributed by atoms with Crippen LogP contribution in [0.4, 0.5) is 4.39 Å². The molecular formula is C17H15BrFNO. The molecule has 3 rings (SSSR count). The van der Waals surface area contributed by atoms with Crippen molar-refractivity contribution >= 4 is 21.8 Å². The molecule has 2 nitrogen and oxygen atoms in total. The van der Waals surface area contributed by atoms with E-state index in [-0.39, 0.29) is 17.3 Å². The van der Waals surface area contributed by atoms with Crippen LogP contribution in [0.15, 0.2) is 53.0 Å². The highest BCUT2D eigenvalue weighted by atomic mass is 79.9. The van der Waals surface area contributed by atoms with Crippen LogP contribution in [0.5, 0.6) is 0 Å². The molecular weight excluding hydrogens is 333 g/mol. The topological polar surface area (TPSA) is 29.1 Å². The Labute approximate surface area is 131 Å². The number of carbonyl (C=O) groups excluding carboxylic acids is 1. The maximum atomic E-state index is 13.0. The van der Waals surface area contributed by atoms with Crippen LogP contribution in [0.25, 0.3) is 0 Å². The molecule has 2 aromatic carbocycles. The third-order valence-corrected chi connectivity index (χ3v) is 4.61. The number of rotatable bonds is 4. The zero-order valence-corrected chi connectivity index (χ0v) is 13.0. The molecule has 0 unspecified atom stereocenters. The molecule has 0 spiro atoms. The zero-order valence-electron chi connectivity index (χ0n) is 11.4. The van der Waals surface area contributed by atoms with Gasteiger partial charge in [0.15, 0.2) is 0 Å². The molecule has 1 amide bonds. The average molecular weight is 348 g/mol. The molecule has 2 aromatic rings. The lowest BCUT2D eigenvalue weighted by Crippen LogP contribution is -2.35. The van der Waals surface area contributed by atoms with Crippen molar-refractivity contribution in [1.29, 1.82) is 0 Å². The summed E-state index contributed by atoms with van der Waals surface area (Å²) in [6, 6.07) is 14.1. The molecule has 1 aliphatic carbocycles. The Balaban J connectivity index is 1.70. The summed E-state index contributed by atoms with van der Waals surface area (Å²) in [5.41, 5.74) is 1.64. The molecule has 21 heavy (non-hydrogen) atoms. The van der Waals surface area contributed by atoms with Crippen molar-refractivity contribution in [3.63, 3.8) is 0 Å². The predicted molar refractivity (Wildman–Crippen MR) is 83.3 cm³/mol. The van der Waals surface area contributed by atoms with Gasteiger partial charge >= 0.3 is 0 Å². The fourth-order valence-corrected chi connectivity index (χ4v) is 2.93. The third-order valence-electron chi connectivity index (χ3n) is 3.83. The van der Waals surface area contributed by atoms with Crippen LogP contribution >= 0.6 is 15.9 Å². The lowest BCUT2D eigenvalue weighted by molar-refractivity contribution is -0.121. The smallest absolute Gasteiger partial charge is 0.225 e. The van der Waals surface area contributed by atoms with Gasteiger partial charge in [0.25, 0.3) is 0 Å². The second-order valence-electron chi connectivity index (χ2n) is 5.41. The van der Waals surface area contributed by atoms with Crippen molar-refractivity contribution in [2.24, 2.45) is 0 Å². The van der Waals surface area contributed by atoms with Gasteiger partial charge in [0.05, 0.1) is 12.0 Å². The highest BCUT2D eigenvalue weighted by Crippen LogP contribution is 2.45. The number of hydrogen-bond acceptors (Lipinski definition) is 1. The van der Waals surface area contributed by atoms with E-state index in [1.54, 1.807) is 12.1 Å². The maximum Gasteiger partial charge on any atom is 0.225 e. The van der Waals surface area contributed by atoms with Gasteiger partial charge in [0.1, 0.15) is 5.82 Å². The SMILES string of the molecule is O=C(Cc1ccccc1Br)NC1(c2ccc(F)cc2)CC1. The van der Waals surface area contributed by atoms with E-state index in [0.29, 0.717) is 6.42 Å². The third kappa shape index (κ3) is 3.16. The Morgan fingerprint density at radius 2 is 1.81 bits per heavy atom. The summed E-state index contributed by atoms with van der Waals surface area (Å²) in [4.78, 5) is 12.3. The number of nitrogens with one attached hydrogen (secondary N) is 1. The molecule has 0 aliphatic heterocycles. The number of carbonyl (C=O) groups is 1. The summed E-state index contributed by atoms with van der Waals surface area (Å²) in [6.45, 7) is 0. The second-order valence-corrected chi connectivity index (χ2v) is 6.26. The Morgan fingerprint density at radius 3 is 2.43 bits per heavy atom. The summed E-state index contributed by atoms with van der Waals surface area (Å²) in [5.74, 6) is -0.266. The molecule has 1 N–H and O–H groups in total. The quantitative estimate of drug-likeness (QED) is 0.891. The predicted octanol–water partition coefficient (Wildman–Crippen LogP) is 3.94. The fraction of sp³-hybridized carbons (Fsp3) is 0.235. The Bertz CT molecular complexity index is 665. The molecule has 1 fully saturated rings. The van der Waals surface area contributed by atoms with Crippen LogP contribution in [-0.2, 0) is 16.8 Å². The highest BCUT2D eigenvalue weighted by molar-refractivity contribution is 9.10. The first kappa shape index (κ1) is 14.3. The first-order valence-corrected chi connectivity index (χ1v) is 7.69. The molecule has 0 radical (unpaired) electrons. The fourth-order valence-electron chi connectivity index (χ4n) is 2.51. The van der Waals surface area contributed by atoms with Gasteiger partial charge in [-0.25, -0.2) is 4.39 Å². The van der Waals surface area contributed by atoms with E-state index in [4.69, 9.17) is 0 Å². The largest absolute Gasteiger partial charge is 0.346 e. The van der Waals surface area contributed by atoms with E-state index in [1.807, 2.05) is 24.3 Å². The van der Waals surface area contributed by atoms with Crippen LogP contribution in [-0.4, -0.2) is 5.91 Å². The molecule has 1 aliphatic rings. The zero-order chi connectivity index (χ0) is 14.9. The normalized spacial score (nSPS) is 15.5. The minimum atomic E-state index is -0.300. The van der Waals surface area contributed by atoms with E-state index in [0.717, 1.165) is 28.4 Å². The van der Waals surface area contributed by atoms with Gasteiger partial charge in [-0.15, -0.1) is 0 Å². The van der Waals surface area contributed by atoms with Gasteiger partial charge in [0, 0.05) is 4.47 Å². The molecule has 0 saturated heterocycles. The van der Waals surface area contributed by atoms with Gasteiger partial charge in [-0.05, 0) is 42.2 Å². The van der Waals surface area contributed by atoms with E-state index in [2.05, 4.69) is 21.2 Å². The maximum absolute atomic E-state index is 13.0. The summed E-state index contributed by atoms with van der Waals surface area (Å²) >= 11 is 3.45. The Kier molecular flexibility index (Phi) is 3.81. The minimum Gasteiger partial charge on any atom is -0.346 e. The molecule has 0 aromatic heterocycles. The standard InChI is InChI=1S/C17H15BrFNO/c18-15-4-2-1-3-12(15)11-16(21)20-17(9-10-17)13-5-7-14(19)8-6-13/h1-8H,9-11H2,(H,20,21). The van der Waals surface area contributed by atoms with Gasteiger partial charge in [-0.1, -0.05) is 46.3 Å². The van der Waals surface area contributed by atoms with Crippen molar-refractivity contribution in [3.05, 3.63) is 69.9 Å². The van der Waals surface area contributed by atoms with Crippen molar-refractivity contribution in [2.45, 2.75) is 24.8 Å². The number of benzene rings is 2. The summed E-state index contributed by atoms with van der Waals surface area (Å²) in [7, 11) is 0.